The highest BCUT2D eigenvalue weighted by atomic mass is 15.3. The second kappa shape index (κ2) is 7.72. The molecule has 0 aliphatic rings. The van der Waals surface area contributed by atoms with Crippen LogP contribution in [0.3, 0.4) is 0 Å². The number of benzene rings is 5. The molecule has 0 aliphatic heterocycles. The number of aliphatic imine (C=N–C) groups is 1. The lowest BCUT2D eigenvalue weighted by Crippen LogP contribution is -2.33. The SMILES string of the molecule is NC(=Nc1cccc2ccccc12)N(c1ccccc1)c1cccc2ccccc12. The van der Waals surface area contributed by atoms with E-state index in [-0.39, 0.29) is 0 Å². The number of guanidine groups is 1. The van der Waals surface area contributed by atoms with Crippen LogP contribution in [-0.4, -0.2) is 5.96 Å². The van der Waals surface area contributed by atoms with Gasteiger partial charge in [-0.05, 0) is 35.0 Å². The van der Waals surface area contributed by atoms with Gasteiger partial charge >= 0.3 is 0 Å². The molecule has 0 radical (unpaired) electrons. The smallest absolute Gasteiger partial charge is 0.205 e. The van der Waals surface area contributed by atoms with Crippen molar-refractivity contribution in [3.8, 4) is 0 Å². The summed E-state index contributed by atoms with van der Waals surface area (Å²) >= 11 is 0. The van der Waals surface area contributed by atoms with Crippen molar-refractivity contribution in [3.05, 3.63) is 115 Å². The van der Waals surface area contributed by atoms with Crippen LogP contribution in [-0.2, 0) is 0 Å². The maximum absolute atomic E-state index is 6.67. The lowest BCUT2D eigenvalue weighted by Gasteiger charge is -2.25. The molecule has 5 aromatic carbocycles. The van der Waals surface area contributed by atoms with Gasteiger partial charge in [-0.1, -0.05) is 91.0 Å². The van der Waals surface area contributed by atoms with Crippen molar-refractivity contribution >= 4 is 44.6 Å². The average Bonchev–Trinajstić information content (AvgIpc) is 2.80. The van der Waals surface area contributed by atoms with Gasteiger partial charge in [0.1, 0.15) is 0 Å². The Labute approximate surface area is 175 Å². The summed E-state index contributed by atoms with van der Waals surface area (Å²) in [7, 11) is 0. The number of anilines is 2. The molecule has 0 amide bonds. The molecule has 5 aromatic rings. The predicted octanol–water partition coefficient (Wildman–Crippen LogP) is 6.78. The minimum Gasteiger partial charge on any atom is -0.369 e. The van der Waals surface area contributed by atoms with E-state index in [4.69, 9.17) is 10.7 Å². The van der Waals surface area contributed by atoms with Gasteiger partial charge in [-0.3, -0.25) is 4.90 Å². The Morgan fingerprint density at radius 2 is 1.13 bits per heavy atom. The number of nitrogens with two attached hydrogens (primary N) is 1. The van der Waals surface area contributed by atoms with Gasteiger partial charge in [0.05, 0.1) is 11.4 Å². The molecule has 5 rings (SSSR count). The number of hydrogen-bond acceptors (Lipinski definition) is 1. The van der Waals surface area contributed by atoms with Gasteiger partial charge in [-0.25, -0.2) is 4.99 Å². The van der Waals surface area contributed by atoms with Crippen LogP contribution in [0, 0.1) is 0 Å². The van der Waals surface area contributed by atoms with E-state index >= 15 is 0 Å². The van der Waals surface area contributed by atoms with Crippen LogP contribution in [0.4, 0.5) is 17.1 Å². The summed E-state index contributed by atoms with van der Waals surface area (Å²) < 4.78 is 0. The Morgan fingerprint density at radius 3 is 1.90 bits per heavy atom. The number of nitrogens with zero attached hydrogens (tertiary/aromatic N) is 2. The molecule has 144 valence electrons. The molecule has 0 atom stereocenters. The van der Waals surface area contributed by atoms with E-state index in [9.17, 15) is 0 Å². The van der Waals surface area contributed by atoms with Crippen LogP contribution in [0.1, 0.15) is 0 Å². The molecule has 3 nitrogen and oxygen atoms in total. The van der Waals surface area contributed by atoms with Gasteiger partial charge < -0.3 is 5.73 Å². The third kappa shape index (κ3) is 3.27. The van der Waals surface area contributed by atoms with Crippen molar-refractivity contribution in [3.63, 3.8) is 0 Å². The fourth-order valence-corrected chi connectivity index (χ4v) is 3.85. The number of rotatable bonds is 3. The molecule has 30 heavy (non-hydrogen) atoms. The summed E-state index contributed by atoms with van der Waals surface area (Å²) in [5, 5.41) is 4.51. The van der Waals surface area contributed by atoms with Gasteiger partial charge in [-0.15, -0.1) is 0 Å². The van der Waals surface area contributed by atoms with E-state index in [0.29, 0.717) is 5.96 Å². The molecule has 0 spiro atoms. The molecule has 0 bridgehead atoms. The summed E-state index contributed by atoms with van der Waals surface area (Å²) in [6, 6.07) is 39.0. The topological polar surface area (TPSA) is 41.6 Å². The van der Waals surface area contributed by atoms with Gasteiger partial charge in [0.15, 0.2) is 0 Å². The normalized spacial score (nSPS) is 11.7. The number of hydrogen-bond donors (Lipinski definition) is 1. The van der Waals surface area contributed by atoms with Gasteiger partial charge in [-0.2, -0.15) is 0 Å². The van der Waals surface area contributed by atoms with Crippen LogP contribution in [0.15, 0.2) is 120 Å². The Kier molecular flexibility index (Phi) is 4.62. The lowest BCUT2D eigenvalue weighted by atomic mass is 10.1. The van der Waals surface area contributed by atoms with Crippen molar-refractivity contribution in [2.45, 2.75) is 0 Å². The zero-order valence-corrected chi connectivity index (χ0v) is 16.4. The summed E-state index contributed by atoms with van der Waals surface area (Å²) in [5.41, 5.74) is 9.49. The first kappa shape index (κ1) is 18.0. The second-order valence-corrected chi connectivity index (χ2v) is 7.14. The van der Waals surface area contributed by atoms with Crippen molar-refractivity contribution in [2.75, 3.05) is 4.90 Å². The number of fused-ring (bicyclic) bond motifs is 2. The standard InChI is InChI=1S/C27H21N3/c28-27(29-25-18-8-12-20-10-4-6-16-23(20)25)30(22-14-2-1-3-15-22)26-19-9-13-21-11-5-7-17-24(21)26/h1-19H,(H2,28,29). The highest BCUT2D eigenvalue weighted by Crippen LogP contribution is 2.33. The molecule has 0 aliphatic carbocycles. The van der Waals surface area contributed by atoms with Crippen LogP contribution in [0.5, 0.6) is 0 Å². The van der Waals surface area contributed by atoms with Crippen molar-refractivity contribution in [1.82, 2.24) is 0 Å². The highest BCUT2D eigenvalue weighted by Gasteiger charge is 2.16. The molecule has 0 heterocycles. The van der Waals surface area contributed by atoms with E-state index in [1.807, 2.05) is 71.6 Å². The second-order valence-electron chi connectivity index (χ2n) is 7.14. The fourth-order valence-electron chi connectivity index (χ4n) is 3.85. The van der Waals surface area contributed by atoms with Gasteiger partial charge in [0.2, 0.25) is 5.96 Å². The van der Waals surface area contributed by atoms with E-state index in [1.54, 1.807) is 0 Å². The van der Waals surface area contributed by atoms with Crippen LogP contribution < -0.4 is 10.6 Å². The maximum Gasteiger partial charge on any atom is 0.205 e. The van der Waals surface area contributed by atoms with E-state index in [1.165, 1.54) is 0 Å². The first-order valence-electron chi connectivity index (χ1n) is 9.96. The first-order chi connectivity index (χ1) is 14.8. The zero-order valence-electron chi connectivity index (χ0n) is 16.4. The van der Waals surface area contributed by atoms with E-state index < -0.39 is 0 Å². The Bertz CT molecular complexity index is 1350. The molecule has 3 heteroatoms. The third-order valence-corrected chi connectivity index (χ3v) is 5.25. The predicted molar refractivity (Wildman–Crippen MR) is 128 cm³/mol. The molecule has 0 aromatic heterocycles. The zero-order chi connectivity index (χ0) is 20.3. The molecular formula is C27H21N3. The van der Waals surface area contributed by atoms with Crippen molar-refractivity contribution in [1.29, 1.82) is 0 Å². The Balaban J connectivity index is 1.72. The van der Waals surface area contributed by atoms with Crippen LogP contribution in [0.25, 0.3) is 21.5 Å². The molecule has 0 fully saturated rings. The third-order valence-electron chi connectivity index (χ3n) is 5.25. The van der Waals surface area contributed by atoms with Gasteiger partial charge in [0.25, 0.3) is 0 Å². The van der Waals surface area contributed by atoms with Gasteiger partial charge in [0, 0.05) is 16.5 Å². The fraction of sp³-hybridized carbons (Fsp3) is 0. The minimum atomic E-state index is 0.425. The highest BCUT2D eigenvalue weighted by molar-refractivity contribution is 6.10. The largest absolute Gasteiger partial charge is 0.369 e. The average molecular weight is 387 g/mol. The van der Waals surface area contributed by atoms with E-state index in [0.717, 1.165) is 38.6 Å². The number of para-hydroxylation sites is 1. The molecular weight excluding hydrogens is 366 g/mol. The lowest BCUT2D eigenvalue weighted by molar-refractivity contribution is 1.30. The molecule has 0 saturated carbocycles. The van der Waals surface area contributed by atoms with Crippen molar-refractivity contribution in [2.24, 2.45) is 10.7 Å². The van der Waals surface area contributed by atoms with Crippen LogP contribution in [0.2, 0.25) is 0 Å². The first-order valence-corrected chi connectivity index (χ1v) is 9.96. The van der Waals surface area contributed by atoms with Crippen LogP contribution >= 0.6 is 0 Å². The van der Waals surface area contributed by atoms with E-state index in [2.05, 4.69) is 48.5 Å². The Hall–Kier alpha value is -4.11. The minimum absolute atomic E-state index is 0.425. The molecule has 2 N–H and O–H groups in total. The molecule has 0 saturated heterocycles. The monoisotopic (exact) mass is 387 g/mol. The quantitative estimate of drug-likeness (QED) is 0.274. The maximum atomic E-state index is 6.67. The summed E-state index contributed by atoms with van der Waals surface area (Å²) in [6.45, 7) is 0. The summed E-state index contributed by atoms with van der Waals surface area (Å²) in [4.78, 5) is 6.89. The molecule has 0 unspecified atom stereocenters. The summed E-state index contributed by atoms with van der Waals surface area (Å²) in [5.74, 6) is 0.425. The summed E-state index contributed by atoms with van der Waals surface area (Å²) in [6.07, 6.45) is 0. The Morgan fingerprint density at radius 1 is 0.567 bits per heavy atom. The van der Waals surface area contributed by atoms with Crippen molar-refractivity contribution < 1.29 is 0 Å².